The van der Waals surface area contributed by atoms with Crippen LogP contribution in [0.2, 0.25) is 0 Å². The Morgan fingerprint density at radius 3 is 2.77 bits per heavy atom. The molecule has 0 aromatic heterocycles. The number of carboxylic acid groups (broad SMARTS) is 1. The van der Waals surface area contributed by atoms with Crippen molar-refractivity contribution in [3.63, 3.8) is 0 Å². The summed E-state index contributed by atoms with van der Waals surface area (Å²) in [7, 11) is 1.88. The Balaban J connectivity index is 2.55. The molecule has 0 bridgehead atoms. The van der Waals surface area contributed by atoms with Gasteiger partial charge in [0.05, 0.1) is 6.67 Å². The highest BCUT2D eigenvalue weighted by molar-refractivity contribution is 5.72. The lowest BCUT2D eigenvalue weighted by atomic mass is 10.5. The summed E-state index contributed by atoms with van der Waals surface area (Å²) < 4.78 is 5.08. The van der Waals surface area contributed by atoms with Crippen LogP contribution in [0.1, 0.15) is 6.92 Å². The van der Waals surface area contributed by atoms with Crippen molar-refractivity contribution in [1.82, 2.24) is 9.80 Å². The van der Waals surface area contributed by atoms with Gasteiger partial charge in [0.15, 0.2) is 0 Å². The molecule has 0 saturated carbocycles. The molecule has 5 nitrogen and oxygen atoms in total. The van der Waals surface area contributed by atoms with Gasteiger partial charge in [-0.3, -0.25) is 0 Å². The molecule has 1 heterocycles. The summed E-state index contributed by atoms with van der Waals surface area (Å²) in [5.74, 6) is -0.957. The van der Waals surface area contributed by atoms with Gasteiger partial charge >= 0.3 is 5.97 Å². The Bertz CT molecular complexity index is 217. The lowest BCUT2D eigenvalue weighted by Gasteiger charge is -2.24. The first-order valence-corrected chi connectivity index (χ1v) is 4.14. The van der Waals surface area contributed by atoms with E-state index in [0.717, 1.165) is 0 Å². The van der Waals surface area contributed by atoms with E-state index in [2.05, 4.69) is 0 Å². The van der Waals surface area contributed by atoms with Crippen molar-refractivity contribution in [2.75, 3.05) is 20.3 Å². The average Bonchev–Trinajstić information content (AvgIpc) is 2.46. The number of ether oxygens (including phenoxy) is 1. The zero-order valence-corrected chi connectivity index (χ0v) is 7.80. The number of hydrogen-bond acceptors (Lipinski definition) is 4. The minimum absolute atomic E-state index is 0.394. The van der Waals surface area contributed by atoms with Crippen LogP contribution in [-0.4, -0.2) is 47.4 Å². The molecule has 0 spiro atoms. The first-order chi connectivity index (χ1) is 6.15. The average molecular weight is 186 g/mol. The monoisotopic (exact) mass is 186 g/mol. The van der Waals surface area contributed by atoms with Crippen molar-refractivity contribution in [2.45, 2.75) is 13.2 Å². The Morgan fingerprint density at radius 1 is 1.69 bits per heavy atom. The van der Waals surface area contributed by atoms with Gasteiger partial charge in [-0.1, -0.05) is 0 Å². The second-order valence-corrected chi connectivity index (χ2v) is 2.86. The zero-order chi connectivity index (χ0) is 9.84. The van der Waals surface area contributed by atoms with Gasteiger partial charge < -0.3 is 19.6 Å². The van der Waals surface area contributed by atoms with Crippen LogP contribution in [0.5, 0.6) is 0 Å². The smallest absolute Gasteiger partial charge is 0.354 e. The summed E-state index contributed by atoms with van der Waals surface area (Å²) in [5.41, 5.74) is 0. The molecule has 0 aromatic rings. The maximum Gasteiger partial charge on any atom is 0.354 e. The van der Waals surface area contributed by atoms with Crippen molar-refractivity contribution in [2.24, 2.45) is 0 Å². The number of nitrogens with zero attached hydrogens (tertiary/aromatic N) is 2. The predicted octanol–water partition coefficient (Wildman–Crippen LogP) is 0.110. The molecule has 1 rings (SSSR count). The summed E-state index contributed by atoms with van der Waals surface area (Å²) in [6.45, 7) is 2.72. The molecule has 74 valence electrons. The normalized spacial score (nSPS) is 18.0. The largest absolute Gasteiger partial charge is 0.478 e. The van der Waals surface area contributed by atoms with Gasteiger partial charge in [-0.15, -0.1) is 0 Å². The van der Waals surface area contributed by atoms with Crippen LogP contribution < -0.4 is 0 Å². The quantitative estimate of drug-likeness (QED) is 0.675. The highest BCUT2D eigenvalue weighted by Gasteiger charge is 2.26. The second-order valence-electron chi connectivity index (χ2n) is 2.86. The van der Waals surface area contributed by atoms with Crippen molar-refractivity contribution < 1.29 is 14.6 Å². The van der Waals surface area contributed by atoms with Crippen molar-refractivity contribution >= 4 is 5.97 Å². The van der Waals surface area contributed by atoms with E-state index in [1.807, 2.05) is 18.1 Å². The molecule has 0 amide bonds. The van der Waals surface area contributed by atoms with Gasteiger partial charge in [0, 0.05) is 26.1 Å². The van der Waals surface area contributed by atoms with E-state index in [1.165, 1.54) is 0 Å². The highest BCUT2D eigenvalue weighted by Crippen LogP contribution is 2.10. The van der Waals surface area contributed by atoms with E-state index in [1.54, 1.807) is 18.0 Å². The van der Waals surface area contributed by atoms with Crippen LogP contribution in [0.4, 0.5) is 0 Å². The first-order valence-electron chi connectivity index (χ1n) is 4.14. The van der Waals surface area contributed by atoms with E-state index in [9.17, 15) is 4.79 Å². The molecule has 13 heavy (non-hydrogen) atoms. The number of hydrogen-bond donors (Lipinski definition) is 1. The molecule has 0 saturated heterocycles. The Morgan fingerprint density at radius 2 is 2.38 bits per heavy atom. The summed E-state index contributed by atoms with van der Waals surface area (Å²) in [4.78, 5) is 14.3. The lowest BCUT2D eigenvalue weighted by molar-refractivity contribution is -0.161. The van der Waals surface area contributed by atoms with E-state index in [0.29, 0.717) is 13.3 Å². The maximum absolute atomic E-state index is 10.8. The Kier molecular flexibility index (Phi) is 3.13. The summed E-state index contributed by atoms with van der Waals surface area (Å²) in [6.07, 6.45) is 2.66. The van der Waals surface area contributed by atoms with Crippen molar-refractivity contribution in [3.05, 3.63) is 12.4 Å². The minimum atomic E-state index is -0.957. The number of aliphatic carboxylic acids is 1. The number of rotatable bonds is 4. The molecular formula is C8H14N2O3. The molecule has 0 radical (unpaired) electrons. The molecular weight excluding hydrogens is 172 g/mol. The SMILES string of the molecule is CCOC(C(=O)O)N1C=CN(C)C1. The zero-order valence-electron chi connectivity index (χ0n) is 7.80. The molecule has 1 N–H and O–H groups in total. The molecule has 1 aliphatic heterocycles. The van der Waals surface area contributed by atoms with Gasteiger partial charge in [0.2, 0.25) is 6.23 Å². The topological polar surface area (TPSA) is 53.0 Å². The number of carboxylic acids is 1. The second kappa shape index (κ2) is 4.13. The summed E-state index contributed by atoms with van der Waals surface area (Å²) in [5, 5.41) is 8.83. The van der Waals surface area contributed by atoms with Gasteiger partial charge in [-0.05, 0) is 6.92 Å². The Labute approximate surface area is 77.2 Å². The Hall–Kier alpha value is -1.23. The maximum atomic E-state index is 10.8. The fraction of sp³-hybridized carbons (Fsp3) is 0.625. The predicted molar refractivity (Wildman–Crippen MR) is 46.7 cm³/mol. The van der Waals surface area contributed by atoms with E-state index in [-0.39, 0.29) is 0 Å². The third-order valence-electron chi connectivity index (χ3n) is 1.74. The van der Waals surface area contributed by atoms with E-state index < -0.39 is 12.2 Å². The molecule has 1 atom stereocenters. The van der Waals surface area contributed by atoms with Crippen LogP contribution in [-0.2, 0) is 9.53 Å². The van der Waals surface area contributed by atoms with Gasteiger partial charge in [-0.25, -0.2) is 4.79 Å². The summed E-state index contributed by atoms with van der Waals surface area (Å²) in [6, 6.07) is 0. The molecule has 0 aromatic carbocycles. The molecule has 0 fully saturated rings. The molecule has 5 heteroatoms. The van der Waals surface area contributed by atoms with Gasteiger partial charge in [-0.2, -0.15) is 0 Å². The fourth-order valence-electron chi connectivity index (χ4n) is 1.17. The molecule has 0 aliphatic carbocycles. The lowest BCUT2D eigenvalue weighted by Crippen LogP contribution is -2.40. The minimum Gasteiger partial charge on any atom is -0.478 e. The van der Waals surface area contributed by atoms with Gasteiger partial charge in [0.1, 0.15) is 0 Å². The van der Waals surface area contributed by atoms with Crippen LogP contribution in [0.25, 0.3) is 0 Å². The third-order valence-corrected chi connectivity index (χ3v) is 1.74. The van der Waals surface area contributed by atoms with Gasteiger partial charge in [0.25, 0.3) is 0 Å². The van der Waals surface area contributed by atoms with Crippen LogP contribution >= 0.6 is 0 Å². The van der Waals surface area contributed by atoms with Crippen molar-refractivity contribution in [3.8, 4) is 0 Å². The van der Waals surface area contributed by atoms with E-state index >= 15 is 0 Å². The number of carbonyl (C=O) groups is 1. The standard InChI is InChI=1S/C8H14N2O3/c1-3-13-7(8(11)12)10-5-4-9(2)6-10/h4-5,7H,3,6H2,1-2H3,(H,11,12). The molecule has 1 aliphatic rings. The van der Waals surface area contributed by atoms with Crippen LogP contribution in [0.15, 0.2) is 12.4 Å². The van der Waals surface area contributed by atoms with Crippen molar-refractivity contribution in [1.29, 1.82) is 0 Å². The van der Waals surface area contributed by atoms with E-state index in [4.69, 9.17) is 9.84 Å². The van der Waals surface area contributed by atoms with Crippen LogP contribution in [0, 0.1) is 0 Å². The molecule has 1 unspecified atom stereocenters. The summed E-state index contributed by atoms with van der Waals surface area (Å²) >= 11 is 0. The first kappa shape index (κ1) is 9.85. The third kappa shape index (κ3) is 2.35. The fourth-order valence-corrected chi connectivity index (χ4v) is 1.17. The highest BCUT2D eigenvalue weighted by atomic mass is 16.5. The van der Waals surface area contributed by atoms with Crippen LogP contribution in [0.3, 0.4) is 0 Å².